The fourth-order valence-corrected chi connectivity index (χ4v) is 1.79. The number of amides is 1. The van der Waals surface area contributed by atoms with Gasteiger partial charge in [-0.15, -0.1) is 0 Å². The summed E-state index contributed by atoms with van der Waals surface area (Å²) in [6.45, 7) is 7.45. The third-order valence-corrected chi connectivity index (χ3v) is 2.92. The van der Waals surface area contributed by atoms with Crippen molar-refractivity contribution in [3.8, 4) is 0 Å². The van der Waals surface area contributed by atoms with Gasteiger partial charge in [0.25, 0.3) is 5.91 Å². The van der Waals surface area contributed by atoms with E-state index < -0.39 is 5.82 Å². The first-order valence-electron chi connectivity index (χ1n) is 7.22. The smallest absolute Gasteiger partial charge is 0.254 e. The van der Waals surface area contributed by atoms with Gasteiger partial charge in [0.2, 0.25) is 0 Å². The zero-order valence-corrected chi connectivity index (χ0v) is 12.5. The van der Waals surface area contributed by atoms with Crippen LogP contribution in [-0.4, -0.2) is 24.0 Å². The van der Waals surface area contributed by atoms with Crippen molar-refractivity contribution in [2.75, 3.05) is 18.4 Å². The number of nitrogens with one attached hydrogen (secondary N) is 2. The molecule has 0 aromatic carbocycles. The van der Waals surface area contributed by atoms with E-state index in [9.17, 15) is 9.18 Å². The summed E-state index contributed by atoms with van der Waals surface area (Å²) < 4.78 is 14.1. The first-order valence-corrected chi connectivity index (χ1v) is 7.22. The highest BCUT2D eigenvalue weighted by molar-refractivity contribution is 5.95. The van der Waals surface area contributed by atoms with Crippen LogP contribution in [0.5, 0.6) is 0 Å². The molecule has 1 amide bonds. The van der Waals surface area contributed by atoms with Gasteiger partial charge in [0.05, 0.1) is 5.56 Å². The monoisotopic (exact) mass is 281 g/mol. The Balaban J connectivity index is 2.59. The average molecular weight is 281 g/mol. The van der Waals surface area contributed by atoms with Gasteiger partial charge in [-0.25, -0.2) is 9.37 Å². The minimum absolute atomic E-state index is 0.0446. The molecule has 4 nitrogen and oxygen atoms in total. The van der Waals surface area contributed by atoms with Crippen LogP contribution in [0.1, 0.15) is 50.4 Å². The highest BCUT2D eigenvalue weighted by atomic mass is 19.1. The molecular weight excluding hydrogens is 257 g/mol. The normalized spacial score (nSPS) is 10.7. The standard InChI is InChI=1S/C15H24FN3O/c1-4-8-17-14-13(16)12(7-10-18-14)15(20)19-9-5-6-11(2)3/h7,10-11H,4-6,8-9H2,1-3H3,(H,17,18)(H,19,20). The molecule has 0 fully saturated rings. The summed E-state index contributed by atoms with van der Waals surface area (Å²) in [7, 11) is 0. The average Bonchev–Trinajstić information content (AvgIpc) is 2.42. The molecule has 0 bridgehead atoms. The molecule has 0 spiro atoms. The van der Waals surface area contributed by atoms with E-state index in [0.29, 0.717) is 19.0 Å². The minimum Gasteiger partial charge on any atom is -0.368 e. The zero-order chi connectivity index (χ0) is 15.0. The van der Waals surface area contributed by atoms with Gasteiger partial charge < -0.3 is 10.6 Å². The number of anilines is 1. The molecular formula is C15H24FN3O. The van der Waals surface area contributed by atoms with Crippen LogP contribution in [0.4, 0.5) is 10.2 Å². The Morgan fingerprint density at radius 2 is 2.15 bits per heavy atom. The molecule has 0 atom stereocenters. The van der Waals surface area contributed by atoms with Crippen LogP contribution in [-0.2, 0) is 0 Å². The lowest BCUT2D eigenvalue weighted by molar-refractivity contribution is 0.0948. The summed E-state index contributed by atoms with van der Waals surface area (Å²) in [5.41, 5.74) is 0.0446. The van der Waals surface area contributed by atoms with Crippen LogP contribution in [0, 0.1) is 11.7 Å². The summed E-state index contributed by atoms with van der Waals surface area (Å²) in [6.07, 6.45) is 4.26. The molecule has 112 valence electrons. The number of aromatic nitrogens is 1. The van der Waals surface area contributed by atoms with Gasteiger partial charge in [-0.1, -0.05) is 20.8 Å². The molecule has 0 aliphatic rings. The molecule has 1 aromatic rings. The quantitative estimate of drug-likeness (QED) is 0.719. The van der Waals surface area contributed by atoms with Crippen LogP contribution in [0.2, 0.25) is 0 Å². The highest BCUT2D eigenvalue weighted by Crippen LogP contribution is 2.15. The SMILES string of the molecule is CCCNc1nccc(C(=O)NCCCC(C)C)c1F. The van der Waals surface area contributed by atoms with Gasteiger partial charge >= 0.3 is 0 Å². The first-order chi connectivity index (χ1) is 9.56. The van der Waals surface area contributed by atoms with Crippen LogP contribution in [0.3, 0.4) is 0 Å². The van der Waals surface area contributed by atoms with Crippen LogP contribution >= 0.6 is 0 Å². The van der Waals surface area contributed by atoms with E-state index in [2.05, 4.69) is 29.5 Å². The van der Waals surface area contributed by atoms with Crippen molar-refractivity contribution in [3.05, 3.63) is 23.6 Å². The van der Waals surface area contributed by atoms with Crippen molar-refractivity contribution in [1.29, 1.82) is 0 Å². The molecule has 1 rings (SSSR count). The highest BCUT2D eigenvalue weighted by Gasteiger charge is 2.15. The molecule has 20 heavy (non-hydrogen) atoms. The van der Waals surface area contributed by atoms with E-state index in [4.69, 9.17) is 0 Å². The van der Waals surface area contributed by atoms with Gasteiger partial charge in [0.15, 0.2) is 11.6 Å². The van der Waals surface area contributed by atoms with Crippen molar-refractivity contribution in [2.45, 2.75) is 40.0 Å². The number of hydrogen-bond acceptors (Lipinski definition) is 3. The van der Waals surface area contributed by atoms with Crippen molar-refractivity contribution in [3.63, 3.8) is 0 Å². The largest absolute Gasteiger partial charge is 0.368 e. The molecule has 0 saturated heterocycles. The molecule has 0 radical (unpaired) electrons. The number of pyridine rings is 1. The van der Waals surface area contributed by atoms with Crippen molar-refractivity contribution in [1.82, 2.24) is 10.3 Å². The number of carbonyl (C=O) groups excluding carboxylic acids is 1. The lowest BCUT2D eigenvalue weighted by Gasteiger charge is -2.10. The van der Waals surface area contributed by atoms with E-state index in [0.717, 1.165) is 19.3 Å². The van der Waals surface area contributed by atoms with E-state index in [1.54, 1.807) is 0 Å². The van der Waals surface area contributed by atoms with E-state index in [1.165, 1.54) is 12.3 Å². The predicted octanol–water partition coefficient (Wildman–Crippen LogP) is 3.21. The molecule has 0 aliphatic heterocycles. The molecule has 1 aromatic heterocycles. The topological polar surface area (TPSA) is 54.0 Å². The van der Waals surface area contributed by atoms with E-state index in [1.807, 2.05) is 6.92 Å². The van der Waals surface area contributed by atoms with Gasteiger partial charge in [-0.3, -0.25) is 4.79 Å². The Kier molecular flexibility index (Phi) is 6.98. The van der Waals surface area contributed by atoms with Crippen molar-refractivity contribution in [2.24, 2.45) is 5.92 Å². The van der Waals surface area contributed by atoms with Gasteiger partial charge in [0.1, 0.15) is 0 Å². The summed E-state index contributed by atoms with van der Waals surface area (Å²) in [4.78, 5) is 15.8. The first kappa shape index (κ1) is 16.4. The summed E-state index contributed by atoms with van der Waals surface area (Å²) >= 11 is 0. The molecule has 2 N–H and O–H groups in total. The van der Waals surface area contributed by atoms with Gasteiger partial charge in [-0.2, -0.15) is 0 Å². The maximum Gasteiger partial charge on any atom is 0.254 e. The third kappa shape index (κ3) is 5.15. The number of halogens is 1. The van der Waals surface area contributed by atoms with Gasteiger partial charge in [-0.05, 0) is 31.2 Å². The summed E-state index contributed by atoms with van der Waals surface area (Å²) in [6, 6.07) is 1.41. The lowest BCUT2D eigenvalue weighted by Crippen LogP contribution is -2.26. The molecule has 1 heterocycles. The van der Waals surface area contributed by atoms with Crippen LogP contribution in [0.25, 0.3) is 0 Å². The summed E-state index contributed by atoms with van der Waals surface area (Å²) in [5.74, 6) is -0.216. The maximum absolute atomic E-state index is 14.1. The minimum atomic E-state index is -0.581. The molecule has 0 aliphatic carbocycles. The Bertz CT molecular complexity index is 435. The lowest BCUT2D eigenvalue weighted by atomic mass is 10.1. The Morgan fingerprint density at radius 1 is 1.40 bits per heavy atom. The second kappa shape index (κ2) is 8.51. The fraction of sp³-hybridized carbons (Fsp3) is 0.600. The van der Waals surface area contributed by atoms with Crippen molar-refractivity contribution >= 4 is 11.7 Å². The predicted molar refractivity (Wildman–Crippen MR) is 79.4 cm³/mol. The molecule has 0 unspecified atom stereocenters. The van der Waals surface area contributed by atoms with Crippen molar-refractivity contribution < 1.29 is 9.18 Å². The maximum atomic E-state index is 14.1. The van der Waals surface area contributed by atoms with E-state index in [-0.39, 0.29) is 17.3 Å². The second-order valence-corrected chi connectivity index (χ2v) is 5.24. The van der Waals surface area contributed by atoms with Crippen LogP contribution < -0.4 is 10.6 Å². The second-order valence-electron chi connectivity index (χ2n) is 5.24. The van der Waals surface area contributed by atoms with E-state index >= 15 is 0 Å². The Morgan fingerprint density at radius 3 is 2.80 bits per heavy atom. The van der Waals surface area contributed by atoms with Crippen LogP contribution in [0.15, 0.2) is 12.3 Å². The zero-order valence-electron chi connectivity index (χ0n) is 12.5. The number of carbonyl (C=O) groups is 1. The molecule has 5 heteroatoms. The number of rotatable bonds is 8. The summed E-state index contributed by atoms with van der Waals surface area (Å²) in [5, 5.41) is 5.62. The molecule has 0 saturated carbocycles. The number of nitrogens with zero attached hydrogens (tertiary/aromatic N) is 1. The fourth-order valence-electron chi connectivity index (χ4n) is 1.79. The Hall–Kier alpha value is -1.65. The number of hydrogen-bond donors (Lipinski definition) is 2. The Labute approximate surface area is 120 Å². The van der Waals surface area contributed by atoms with Gasteiger partial charge in [0, 0.05) is 19.3 Å². The third-order valence-electron chi connectivity index (χ3n) is 2.92.